The maximum absolute atomic E-state index is 13.3. The molecule has 9 nitrogen and oxygen atoms in total. The number of carbonyl (C=O) groups excluding carboxylic acids is 2. The summed E-state index contributed by atoms with van der Waals surface area (Å²) in [6.45, 7) is 2.55. The number of urea groups is 1. The zero-order valence-electron chi connectivity index (χ0n) is 21.4. The summed E-state index contributed by atoms with van der Waals surface area (Å²) < 4.78 is 5.86. The normalized spacial score (nSPS) is 10.4. The molecule has 2 N–H and O–H groups in total. The first-order valence-electron chi connectivity index (χ1n) is 12.4. The van der Waals surface area contributed by atoms with E-state index in [2.05, 4.69) is 10.6 Å². The third-order valence-electron chi connectivity index (χ3n) is 5.84. The van der Waals surface area contributed by atoms with Gasteiger partial charge in [0.2, 0.25) is 0 Å². The molecule has 9 heteroatoms. The molecule has 4 aromatic rings. The van der Waals surface area contributed by atoms with Crippen molar-refractivity contribution in [2.45, 2.75) is 13.3 Å². The highest BCUT2D eigenvalue weighted by Crippen LogP contribution is 2.25. The summed E-state index contributed by atoms with van der Waals surface area (Å²) in [7, 11) is 0. The van der Waals surface area contributed by atoms with Gasteiger partial charge in [-0.3, -0.25) is 19.8 Å². The Labute approximate surface area is 226 Å². The predicted octanol–water partition coefficient (Wildman–Crippen LogP) is 6.55. The molecular formula is C30H28N4O5. The van der Waals surface area contributed by atoms with E-state index >= 15 is 0 Å². The lowest BCUT2D eigenvalue weighted by Gasteiger charge is -2.24. The number of nitro groups is 1. The summed E-state index contributed by atoms with van der Waals surface area (Å²) in [5, 5.41) is 16.7. The third kappa shape index (κ3) is 7.65. The van der Waals surface area contributed by atoms with E-state index in [0.29, 0.717) is 35.8 Å². The molecule has 0 spiro atoms. The van der Waals surface area contributed by atoms with E-state index in [1.165, 1.54) is 24.3 Å². The zero-order valence-corrected chi connectivity index (χ0v) is 21.4. The molecule has 0 heterocycles. The summed E-state index contributed by atoms with van der Waals surface area (Å²) in [4.78, 5) is 37.8. The number of nitrogens with one attached hydrogen (secondary N) is 2. The molecule has 198 valence electrons. The lowest BCUT2D eigenvalue weighted by molar-refractivity contribution is -0.384. The topological polar surface area (TPSA) is 114 Å². The van der Waals surface area contributed by atoms with Gasteiger partial charge in [0, 0.05) is 42.2 Å². The van der Waals surface area contributed by atoms with E-state index in [9.17, 15) is 19.7 Å². The Hall–Kier alpha value is -5.18. The maximum atomic E-state index is 13.3. The summed E-state index contributed by atoms with van der Waals surface area (Å²) in [6.07, 6.45) is 0.449. The second kappa shape index (κ2) is 12.9. The van der Waals surface area contributed by atoms with Gasteiger partial charge in [-0.25, -0.2) is 4.79 Å². The molecule has 3 amide bonds. The number of para-hydroxylation sites is 1. The average molecular weight is 525 g/mol. The van der Waals surface area contributed by atoms with Gasteiger partial charge in [-0.2, -0.15) is 0 Å². The number of hydrogen-bond donors (Lipinski definition) is 2. The van der Waals surface area contributed by atoms with Crippen LogP contribution in [0, 0.1) is 17.0 Å². The summed E-state index contributed by atoms with van der Waals surface area (Å²) in [6, 6.07) is 29.3. The second-order valence-electron chi connectivity index (χ2n) is 8.77. The van der Waals surface area contributed by atoms with Crippen LogP contribution in [0.25, 0.3) is 0 Å². The van der Waals surface area contributed by atoms with Gasteiger partial charge >= 0.3 is 6.03 Å². The first kappa shape index (κ1) is 26.9. The lowest BCUT2D eigenvalue weighted by atomic mass is 10.2. The molecule has 0 aliphatic heterocycles. The predicted molar refractivity (Wildman–Crippen MR) is 151 cm³/mol. The monoisotopic (exact) mass is 524 g/mol. The van der Waals surface area contributed by atoms with Crippen LogP contribution in [0.4, 0.5) is 21.9 Å². The number of benzene rings is 4. The van der Waals surface area contributed by atoms with Gasteiger partial charge in [-0.15, -0.1) is 0 Å². The highest BCUT2D eigenvalue weighted by Gasteiger charge is 2.17. The third-order valence-corrected chi connectivity index (χ3v) is 5.84. The maximum Gasteiger partial charge on any atom is 0.326 e. The van der Waals surface area contributed by atoms with Crippen molar-refractivity contribution in [3.63, 3.8) is 0 Å². The van der Waals surface area contributed by atoms with Crippen molar-refractivity contribution in [1.82, 2.24) is 5.32 Å². The van der Waals surface area contributed by atoms with Crippen LogP contribution in [0.2, 0.25) is 0 Å². The number of rotatable bonds is 10. The van der Waals surface area contributed by atoms with Crippen LogP contribution in [-0.4, -0.2) is 30.0 Å². The fourth-order valence-corrected chi connectivity index (χ4v) is 3.80. The molecule has 0 saturated carbocycles. The van der Waals surface area contributed by atoms with Crippen LogP contribution in [0.1, 0.15) is 22.3 Å². The van der Waals surface area contributed by atoms with Crippen LogP contribution in [0.15, 0.2) is 103 Å². The van der Waals surface area contributed by atoms with Crippen molar-refractivity contribution >= 4 is 29.0 Å². The molecule has 0 aromatic heterocycles. The average Bonchev–Trinajstić information content (AvgIpc) is 2.95. The molecular weight excluding hydrogens is 496 g/mol. The Morgan fingerprint density at radius 3 is 2.26 bits per heavy atom. The fourth-order valence-electron chi connectivity index (χ4n) is 3.80. The Morgan fingerprint density at radius 2 is 1.56 bits per heavy atom. The molecule has 4 aromatic carbocycles. The summed E-state index contributed by atoms with van der Waals surface area (Å²) in [5.41, 5.74) is 2.45. The molecule has 0 unspecified atom stereocenters. The van der Waals surface area contributed by atoms with Crippen molar-refractivity contribution in [3.05, 3.63) is 124 Å². The molecule has 0 atom stereocenters. The van der Waals surface area contributed by atoms with E-state index in [1.54, 1.807) is 29.2 Å². The molecule has 0 saturated heterocycles. The minimum absolute atomic E-state index is 0.152. The number of anilines is 2. The summed E-state index contributed by atoms with van der Waals surface area (Å²) in [5.74, 6) is 0.920. The fraction of sp³-hybridized carbons (Fsp3) is 0.133. The molecule has 0 aliphatic carbocycles. The number of nitrogens with zero attached hydrogens (tertiary/aromatic N) is 2. The second-order valence-corrected chi connectivity index (χ2v) is 8.77. The Balaban J connectivity index is 1.42. The van der Waals surface area contributed by atoms with E-state index in [-0.39, 0.29) is 23.8 Å². The Morgan fingerprint density at radius 1 is 0.872 bits per heavy atom. The Bertz CT molecular complexity index is 1420. The quantitative estimate of drug-likeness (QED) is 0.139. The molecule has 0 fully saturated rings. The van der Waals surface area contributed by atoms with Crippen LogP contribution in [-0.2, 0) is 0 Å². The molecule has 4 rings (SSSR count). The van der Waals surface area contributed by atoms with Gasteiger partial charge < -0.3 is 15.4 Å². The largest absolute Gasteiger partial charge is 0.457 e. The van der Waals surface area contributed by atoms with E-state index in [0.717, 1.165) is 5.56 Å². The van der Waals surface area contributed by atoms with Gasteiger partial charge in [0.15, 0.2) is 0 Å². The number of aryl methyl sites for hydroxylation is 1. The SMILES string of the molecule is Cc1ccc(NC(=O)N(CCCNC(=O)c2cccc([N+](=O)[O-])c2)c2ccc(Oc3ccccc3)cc2)cc1. The number of carbonyl (C=O) groups is 2. The zero-order chi connectivity index (χ0) is 27.6. The van der Waals surface area contributed by atoms with Crippen molar-refractivity contribution in [3.8, 4) is 11.5 Å². The van der Waals surface area contributed by atoms with Gasteiger partial charge in [0.05, 0.1) is 4.92 Å². The minimum atomic E-state index is -0.544. The van der Waals surface area contributed by atoms with E-state index in [4.69, 9.17) is 4.74 Å². The highest BCUT2D eigenvalue weighted by molar-refractivity contribution is 6.01. The smallest absolute Gasteiger partial charge is 0.326 e. The first-order chi connectivity index (χ1) is 18.9. The number of ether oxygens (including phenoxy) is 1. The number of non-ortho nitro benzene ring substituents is 1. The van der Waals surface area contributed by atoms with Crippen LogP contribution < -0.4 is 20.3 Å². The van der Waals surface area contributed by atoms with E-state index in [1.807, 2.05) is 61.5 Å². The van der Waals surface area contributed by atoms with Gasteiger partial charge in [0.25, 0.3) is 11.6 Å². The van der Waals surface area contributed by atoms with Crippen molar-refractivity contribution < 1.29 is 19.2 Å². The lowest BCUT2D eigenvalue weighted by Crippen LogP contribution is -2.37. The van der Waals surface area contributed by atoms with Gasteiger partial charge in [-0.05, 0) is 67.9 Å². The van der Waals surface area contributed by atoms with Gasteiger partial charge in [0.1, 0.15) is 11.5 Å². The van der Waals surface area contributed by atoms with Crippen LogP contribution in [0.3, 0.4) is 0 Å². The van der Waals surface area contributed by atoms with Gasteiger partial charge in [-0.1, -0.05) is 42.0 Å². The number of amides is 3. The van der Waals surface area contributed by atoms with Crippen LogP contribution in [0.5, 0.6) is 11.5 Å². The first-order valence-corrected chi connectivity index (χ1v) is 12.4. The molecule has 0 bridgehead atoms. The number of nitro benzene ring substituents is 1. The minimum Gasteiger partial charge on any atom is -0.457 e. The Kier molecular flexibility index (Phi) is 8.87. The van der Waals surface area contributed by atoms with Crippen molar-refractivity contribution in [1.29, 1.82) is 0 Å². The molecule has 39 heavy (non-hydrogen) atoms. The van der Waals surface area contributed by atoms with Crippen molar-refractivity contribution in [2.75, 3.05) is 23.3 Å². The highest BCUT2D eigenvalue weighted by atomic mass is 16.6. The number of hydrogen-bond acceptors (Lipinski definition) is 5. The molecule has 0 radical (unpaired) electrons. The standard InChI is InChI=1S/C30H28N4O5/c1-22-11-13-24(14-12-22)32-30(36)33(25-15-17-28(18-16-25)39-27-9-3-2-4-10-27)20-6-19-31-29(35)23-7-5-8-26(21-23)34(37)38/h2-5,7-18,21H,6,19-20H2,1H3,(H,31,35)(H,32,36). The van der Waals surface area contributed by atoms with Crippen LogP contribution >= 0.6 is 0 Å². The molecule has 0 aliphatic rings. The van der Waals surface area contributed by atoms with E-state index < -0.39 is 10.8 Å². The van der Waals surface area contributed by atoms with Crippen molar-refractivity contribution in [2.24, 2.45) is 0 Å². The summed E-state index contributed by atoms with van der Waals surface area (Å²) >= 11 is 0.